The molecule has 1 aliphatic rings. The number of rotatable bonds is 4. The third-order valence-corrected chi connectivity index (χ3v) is 5.11. The molecule has 2 nitrogen and oxygen atoms in total. The van der Waals surface area contributed by atoms with Crippen LogP contribution in [0, 0.1) is 18.8 Å². The molecule has 0 bridgehead atoms. The smallest absolute Gasteiger partial charge is 0.0491 e. The van der Waals surface area contributed by atoms with Crippen molar-refractivity contribution in [2.75, 3.05) is 0 Å². The summed E-state index contributed by atoms with van der Waals surface area (Å²) in [6.45, 7) is 4.38. The molecule has 19 heavy (non-hydrogen) atoms. The lowest BCUT2D eigenvalue weighted by Gasteiger charge is -2.35. The highest BCUT2D eigenvalue weighted by Gasteiger charge is 2.29. The maximum absolute atomic E-state index is 6.24. The zero-order chi connectivity index (χ0) is 13.8. The van der Waals surface area contributed by atoms with Crippen LogP contribution in [-0.2, 0) is 0 Å². The van der Waals surface area contributed by atoms with Crippen molar-refractivity contribution in [1.82, 2.24) is 5.43 Å². The lowest BCUT2D eigenvalue weighted by Crippen LogP contribution is -2.36. The maximum atomic E-state index is 6.24. The summed E-state index contributed by atoms with van der Waals surface area (Å²) < 4.78 is 0. The lowest BCUT2D eigenvalue weighted by molar-refractivity contribution is 0.209. The molecule has 1 aromatic rings. The summed E-state index contributed by atoms with van der Waals surface area (Å²) in [4.78, 5) is 0. The van der Waals surface area contributed by atoms with E-state index < -0.39 is 0 Å². The Morgan fingerprint density at radius 1 is 1.42 bits per heavy atom. The molecular formula is C16H25ClN2. The van der Waals surface area contributed by atoms with Gasteiger partial charge in [-0.15, -0.1) is 0 Å². The van der Waals surface area contributed by atoms with E-state index in [2.05, 4.69) is 25.3 Å². The standard InChI is InChI=1S/C16H25ClN2/c1-3-12-6-4-7-13(10-12)16(19-18)14-8-5-9-15(17)11(14)2/h5,8-9,12-13,16,19H,3-4,6-7,10,18H2,1-2H3. The second-order valence-electron chi connectivity index (χ2n) is 5.80. The quantitative estimate of drug-likeness (QED) is 0.635. The molecule has 0 spiro atoms. The van der Waals surface area contributed by atoms with E-state index in [9.17, 15) is 0 Å². The van der Waals surface area contributed by atoms with Crippen LogP contribution in [0.4, 0.5) is 0 Å². The molecule has 3 heteroatoms. The number of hydrogen-bond acceptors (Lipinski definition) is 2. The van der Waals surface area contributed by atoms with E-state index in [1.54, 1.807) is 0 Å². The van der Waals surface area contributed by atoms with Crippen LogP contribution < -0.4 is 11.3 Å². The van der Waals surface area contributed by atoms with Gasteiger partial charge in [-0.1, -0.05) is 49.9 Å². The Balaban J connectivity index is 2.21. The van der Waals surface area contributed by atoms with Crippen LogP contribution in [0.25, 0.3) is 0 Å². The van der Waals surface area contributed by atoms with Gasteiger partial charge in [-0.2, -0.15) is 0 Å². The largest absolute Gasteiger partial charge is 0.271 e. The van der Waals surface area contributed by atoms with Crippen LogP contribution in [0.15, 0.2) is 18.2 Å². The minimum absolute atomic E-state index is 0.230. The van der Waals surface area contributed by atoms with Crippen LogP contribution in [0.2, 0.25) is 5.02 Å². The number of hydrazine groups is 1. The molecule has 1 aliphatic carbocycles. The Labute approximate surface area is 121 Å². The Morgan fingerprint density at radius 3 is 2.89 bits per heavy atom. The van der Waals surface area contributed by atoms with Gasteiger partial charge in [-0.05, 0) is 48.8 Å². The number of nitrogens with one attached hydrogen (secondary N) is 1. The SMILES string of the molecule is CCC1CCCC(C(NN)c2cccc(Cl)c2C)C1. The van der Waals surface area contributed by atoms with Gasteiger partial charge in [0.25, 0.3) is 0 Å². The molecule has 0 aromatic heterocycles. The molecule has 2 rings (SSSR count). The van der Waals surface area contributed by atoms with Gasteiger partial charge in [-0.3, -0.25) is 11.3 Å². The minimum Gasteiger partial charge on any atom is -0.271 e. The number of benzene rings is 1. The van der Waals surface area contributed by atoms with Crippen LogP contribution in [0.3, 0.4) is 0 Å². The highest BCUT2D eigenvalue weighted by molar-refractivity contribution is 6.31. The monoisotopic (exact) mass is 280 g/mol. The van der Waals surface area contributed by atoms with Crippen molar-refractivity contribution in [3.8, 4) is 0 Å². The summed E-state index contributed by atoms with van der Waals surface area (Å²) in [5.41, 5.74) is 5.46. The minimum atomic E-state index is 0.230. The molecule has 0 aliphatic heterocycles. The van der Waals surface area contributed by atoms with Gasteiger partial charge in [-0.25, -0.2) is 0 Å². The number of hydrogen-bond donors (Lipinski definition) is 2. The molecule has 0 saturated heterocycles. The second-order valence-corrected chi connectivity index (χ2v) is 6.21. The van der Waals surface area contributed by atoms with Gasteiger partial charge in [0.2, 0.25) is 0 Å². The fourth-order valence-electron chi connectivity index (χ4n) is 3.45. The average Bonchev–Trinajstić information content (AvgIpc) is 2.44. The van der Waals surface area contributed by atoms with Gasteiger partial charge in [0.15, 0.2) is 0 Å². The summed E-state index contributed by atoms with van der Waals surface area (Å²) >= 11 is 6.24. The van der Waals surface area contributed by atoms with Crippen LogP contribution >= 0.6 is 11.6 Å². The van der Waals surface area contributed by atoms with Gasteiger partial charge in [0.05, 0.1) is 0 Å². The van der Waals surface area contributed by atoms with Gasteiger partial charge in [0.1, 0.15) is 0 Å². The number of nitrogens with two attached hydrogens (primary N) is 1. The van der Waals surface area contributed by atoms with Crippen molar-refractivity contribution in [3.63, 3.8) is 0 Å². The lowest BCUT2D eigenvalue weighted by atomic mass is 9.75. The molecule has 0 amide bonds. The van der Waals surface area contributed by atoms with Crippen molar-refractivity contribution in [1.29, 1.82) is 0 Å². The fourth-order valence-corrected chi connectivity index (χ4v) is 3.63. The van der Waals surface area contributed by atoms with Crippen molar-refractivity contribution >= 4 is 11.6 Å². The van der Waals surface area contributed by atoms with Crippen molar-refractivity contribution in [2.24, 2.45) is 17.7 Å². The summed E-state index contributed by atoms with van der Waals surface area (Å²) in [6, 6.07) is 6.35. The third kappa shape index (κ3) is 3.31. The maximum Gasteiger partial charge on any atom is 0.0491 e. The Hall–Kier alpha value is -0.570. The van der Waals surface area contributed by atoms with Crippen LogP contribution in [-0.4, -0.2) is 0 Å². The fraction of sp³-hybridized carbons (Fsp3) is 0.625. The Morgan fingerprint density at radius 2 is 2.21 bits per heavy atom. The van der Waals surface area contributed by atoms with Gasteiger partial charge < -0.3 is 0 Å². The Kier molecular flexibility index (Phi) is 5.26. The predicted octanol–water partition coefficient (Wildman–Crippen LogP) is 4.37. The first-order valence-electron chi connectivity index (χ1n) is 7.38. The first-order chi connectivity index (χ1) is 9.17. The topological polar surface area (TPSA) is 38.0 Å². The number of halogens is 1. The molecule has 0 radical (unpaired) electrons. The van der Waals surface area contributed by atoms with Crippen molar-refractivity contribution in [3.05, 3.63) is 34.3 Å². The third-order valence-electron chi connectivity index (χ3n) is 4.70. The molecule has 3 atom stereocenters. The molecule has 1 aromatic carbocycles. The van der Waals surface area contributed by atoms with E-state index in [0.717, 1.165) is 16.5 Å². The molecule has 3 unspecified atom stereocenters. The highest BCUT2D eigenvalue weighted by atomic mass is 35.5. The van der Waals surface area contributed by atoms with E-state index in [1.165, 1.54) is 37.7 Å². The van der Waals surface area contributed by atoms with E-state index >= 15 is 0 Å². The van der Waals surface area contributed by atoms with Gasteiger partial charge in [0, 0.05) is 11.1 Å². The first kappa shape index (κ1) is 14.8. The van der Waals surface area contributed by atoms with E-state index in [-0.39, 0.29) is 6.04 Å². The molecule has 1 fully saturated rings. The molecule has 0 heterocycles. The molecule has 3 N–H and O–H groups in total. The normalized spacial score (nSPS) is 25.3. The van der Waals surface area contributed by atoms with Crippen LogP contribution in [0.1, 0.15) is 56.2 Å². The zero-order valence-corrected chi connectivity index (χ0v) is 12.7. The summed E-state index contributed by atoms with van der Waals surface area (Å²) in [7, 11) is 0. The summed E-state index contributed by atoms with van der Waals surface area (Å²) in [5.74, 6) is 7.33. The summed E-state index contributed by atoms with van der Waals surface area (Å²) in [6.07, 6.45) is 6.51. The van der Waals surface area contributed by atoms with Gasteiger partial charge >= 0.3 is 0 Å². The predicted molar refractivity (Wildman–Crippen MR) is 82.0 cm³/mol. The average molecular weight is 281 g/mol. The molecular weight excluding hydrogens is 256 g/mol. The molecule has 1 saturated carbocycles. The van der Waals surface area contributed by atoms with E-state index in [1.807, 2.05) is 12.1 Å². The highest BCUT2D eigenvalue weighted by Crippen LogP contribution is 2.39. The zero-order valence-electron chi connectivity index (χ0n) is 12.0. The second kappa shape index (κ2) is 6.74. The van der Waals surface area contributed by atoms with E-state index in [0.29, 0.717) is 5.92 Å². The van der Waals surface area contributed by atoms with E-state index in [4.69, 9.17) is 17.4 Å². The van der Waals surface area contributed by atoms with Crippen LogP contribution in [0.5, 0.6) is 0 Å². The Bertz CT molecular complexity index is 419. The van der Waals surface area contributed by atoms with Crippen molar-refractivity contribution in [2.45, 2.75) is 52.0 Å². The summed E-state index contributed by atoms with van der Waals surface area (Å²) in [5, 5.41) is 0.834. The first-order valence-corrected chi connectivity index (χ1v) is 7.76. The molecule has 106 valence electrons. The van der Waals surface area contributed by atoms with Crippen molar-refractivity contribution < 1.29 is 0 Å².